The van der Waals surface area contributed by atoms with Crippen LogP contribution in [0.5, 0.6) is 0 Å². The van der Waals surface area contributed by atoms with E-state index in [1.807, 2.05) is 0 Å². The van der Waals surface area contributed by atoms with Gasteiger partial charge in [0.2, 0.25) is 0 Å². The van der Waals surface area contributed by atoms with Gasteiger partial charge in [0.1, 0.15) is 11.6 Å². The van der Waals surface area contributed by atoms with Crippen LogP contribution in [0.1, 0.15) is 10.4 Å². The van der Waals surface area contributed by atoms with Crippen LogP contribution in [0.4, 0.5) is 14.5 Å². The normalized spacial score (nSPS) is 10.3. The number of anilines is 1. The number of nitrogens with one attached hydrogen (secondary N) is 1. The van der Waals surface area contributed by atoms with Gasteiger partial charge in [-0.1, -0.05) is 11.6 Å². The van der Waals surface area contributed by atoms with E-state index in [0.29, 0.717) is 4.47 Å². The van der Waals surface area contributed by atoms with Crippen molar-refractivity contribution in [2.75, 3.05) is 5.32 Å². The maximum absolute atomic E-state index is 13.1. The second kappa shape index (κ2) is 5.67. The fourth-order valence-electron chi connectivity index (χ4n) is 1.50. The van der Waals surface area contributed by atoms with Gasteiger partial charge in [-0.2, -0.15) is 0 Å². The van der Waals surface area contributed by atoms with E-state index in [0.717, 1.165) is 18.2 Å². The summed E-state index contributed by atoms with van der Waals surface area (Å²) >= 11 is 8.77. The molecule has 2 nitrogen and oxygen atoms in total. The van der Waals surface area contributed by atoms with Gasteiger partial charge >= 0.3 is 0 Å². The predicted molar refractivity (Wildman–Crippen MR) is 73.5 cm³/mol. The van der Waals surface area contributed by atoms with E-state index in [-0.39, 0.29) is 16.3 Å². The molecule has 0 aliphatic rings. The molecule has 19 heavy (non-hydrogen) atoms. The first-order valence-corrected chi connectivity index (χ1v) is 6.35. The molecule has 1 amide bonds. The van der Waals surface area contributed by atoms with Gasteiger partial charge in [0.25, 0.3) is 5.91 Å². The molecule has 6 heteroatoms. The topological polar surface area (TPSA) is 29.1 Å². The van der Waals surface area contributed by atoms with Crippen molar-refractivity contribution in [3.8, 4) is 0 Å². The highest BCUT2D eigenvalue weighted by molar-refractivity contribution is 9.10. The highest BCUT2D eigenvalue weighted by Crippen LogP contribution is 2.22. The van der Waals surface area contributed by atoms with Gasteiger partial charge in [0.05, 0.1) is 5.56 Å². The molecule has 0 saturated carbocycles. The molecular weight excluding hydrogens is 340 g/mol. The molecule has 2 aromatic rings. The molecule has 0 aliphatic heterocycles. The van der Waals surface area contributed by atoms with Crippen LogP contribution in [0.15, 0.2) is 40.9 Å². The number of hydrogen-bond donors (Lipinski definition) is 1. The minimum Gasteiger partial charge on any atom is -0.322 e. The Morgan fingerprint density at radius 3 is 2.47 bits per heavy atom. The Balaban J connectivity index is 2.25. The van der Waals surface area contributed by atoms with Gasteiger partial charge in [0.15, 0.2) is 0 Å². The summed E-state index contributed by atoms with van der Waals surface area (Å²) < 4.78 is 26.3. The lowest BCUT2D eigenvalue weighted by Crippen LogP contribution is -2.12. The summed E-state index contributed by atoms with van der Waals surface area (Å²) in [5.41, 5.74) is 0.466. The van der Waals surface area contributed by atoms with Crippen LogP contribution in [0.25, 0.3) is 0 Å². The molecule has 0 fully saturated rings. The molecular formula is C13H7BrClF2NO. The van der Waals surface area contributed by atoms with Crippen molar-refractivity contribution in [3.63, 3.8) is 0 Å². The van der Waals surface area contributed by atoms with Crippen LogP contribution in [-0.4, -0.2) is 5.91 Å². The fraction of sp³-hybridized carbons (Fsp3) is 0. The molecule has 0 aliphatic carbocycles. The van der Waals surface area contributed by atoms with Crippen LogP contribution in [-0.2, 0) is 0 Å². The van der Waals surface area contributed by atoms with Crippen LogP contribution >= 0.6 is 27.5 Å². The first-order valence-electron chi connectivity index (χ1n) is 5.18. The van der Waals surface area contributed by atoms with Crippen LogP contribution in [0.2, 0.25) is 5.02 Å². The van der Waals surface area contributed by atoms with Crippen molar-refractivity contribution in [3.05, 3.63) is 63.1 Å². The van der Waals surface area contributed by atoms with Gasteiger partial charge in [-0.05, 0) is 52.3 Å². The molecule has 0 spiro atoms. The number of amides is 1. The van der Waals surface area contributed by atoms with Crippen LogP contribution < -0.4 is 5.32 Å². The van der Waals surface area contributed by atoms with E-state index in [9.17, 15) is 13.6 Å². The maximum Gasteiger partial charge on any atom is 0.256 e. The van der Waals surface area contributed by atoms with E-state index in [1.165, 1.54) is 18.2 Å². The number of hydrogen-bond acceptors (Lipinski definition) is 1. The predicted octanol–water partition coefficient (Wildman–Crippen LogP) is 4.63. The van der Waals surface area contributed by atoms with Gasteiger partial charge < -0.3 is 5.32 Å². The number of carbonyl (C=O) groups is 1. The minimum atomic E-state index is -0.555. The average molecular weight is 347 g/mol. The van der Waals surface area contributed by atoms with E-state index in [4.69, 9.17) is 11.6 Å². The first kappa shape index (κ1) is 14.0. The summed E-state index contributed by atoms with van der Waals surface area (Å²) in [4.78, 5) is 11.9. The van der Waals surface area contributed by atoms with Crippen LogP contribution in [0.3, 0.4) is 0 Å². The number of benzene rings is 2. The van der Waals surface area contributed by atoms with Gasteiger partial charge in [-0.15, -0.1) is 0 Å². The molecule has 1 N–H and O–H groups in total. The summed E-state index contributed by atoms with van der Waals surface area (Å²) in [7, 11) is 0. The smallest absolute Gasteiger partial charge is 0.256 e. The number of rotatable bonds is 2. The summed E-state index contributed by atoms with van der Waals surface area (Å²) in [5, 5.41) is 2.66. The Morgan fingerprint density at radius 2 is 1.84 bits per heavy atom. The monoisotopic (exact) mass is 345 g/mol. The van der Waals surface area contributed by atoms with E-state index in [2.05, 4.69) is 21.2 Å². The number of carbonyl (C=O) groups excluding carboxylic acids is 1. The van der Waals surface area contributed by atoms with E-state index in [1.54, 1.807) is 0 Å². The molecule has 0 unspecified atom stereocenters. The maximum atomic E-state index is 13.1. The Morgan fingerprint density at radius 1 is 1.11 bits per heavy atom. The lowest BCUT2D eigenvalue weighted by molar-refractivity contribution is 0.102. The third kappa shape index (κ3) is 3.52. The zero-order valence-corrected chi connectivity index (χ0v) is 11.7. The highest BCUT2D eigenvalue weighted by atomic mass is 79.9. The summed E-state index contributed by atoms with van der Waals surface area (Å²) in [6, 6.07) is 7.35. The Kier molecular flexibility index (Phi) is 4.17. The van der Waals surface area contributed by atoms with Crippen molar-refractivity contribution in [2.45, 2.75) is 0 Å². The van der Waals surface area contributed by atoms with Gasteiger partial charge in [-0.25, -0.2) is 8.78 Å². The molecule has 98 valence electrons. The largest absolute Gasteiger partial charge is 0.322 e. The van der Waals surface area contributed by atoms with Gasteiger partial charge in [-0.3, -0.25) is 4.79 Å². The van der Waals surface area contributed by atoms with Gasteiger partial charge in [0, 0.05) is 15.2 Å². The Labute approximate surface area is 121 Å². The molecule has 2 rings (SSSR count). The SMILES string of the molecule is O=C(Nc1cc(F)cc(Cl)c1)c1ccc(F)cc1Br. The first-order chi connectivity index (χ1) is 8.95. The molecule has 0 saturated heterocycles. The van der Waals surface area contributed by atoms with Crippen molar-refractivity contribution in [2.24, 2.45) is 0 Å². The van der Waals surface area contributed by atoms with E-state index >= 15 is 0 Å². The quantitative estimate of drug-likeness (QED) is 0.844. The third-order valence-corrected chi connectivity index (χ3v) is 3.17. The van der Waals surface area contributed by atoms with Crippen molar-refractivity contribution < 1.29 is 13.6 Å². The highest BCUT2D eigenvalue weighted by Gasteiger charge is 2.11. The van der Waals surface area contributed by atoms with E-state index < -0.39 is 17.5 Å². The summed E-state index contributed by atoms with van der Waals surface area (Å²) in [5.74, 6) is -1.51. The molecule has 0 heterocycles. The lowest BCUT2D eigenvalue weighted by Gasteiger charge is -2.07. The zero-order chi connectivity index (χ0) is 14.0. The number of halogens is 4. The molecule has 0 radical (unpaired) electrons. The third-order valence-electron chi connectivity index (χ3n) is 2.30. The second-order valence-corrected chi connectivity index (χ2v) is 5.03. The fourth-order valence-corrected chi connectivity index (χ4v) is 2.25. The van der Waals surface area contributed by atoms with Crippen molar-refractivity contribution in [1.82, 2.24) is 0 Å². The molecule has 0 bridgehead atoms. The second-order valence-electron chi connectivity index (χ2n) is 3.74. The lowest BCUT2D eigenvalue weighted by atomic mass is 10.2. The zero-order valence-electron chi connectivity index (χ0n) is 9.38. The molecule has 0 atom stereocenters. The van der Waals surface area contributed by atoms with Crippen LogP contribution in [0, 0.1) is 11.6 Å². The standard InChI is InChI=1S/C13H7BrClF2NO/c14-12-6-8(16)1-2-11(12)13(19)18-10-4-7(15)3-9(17)5-10/h1-6H,(H,18,19). The summed E-state index contributed by atoms with van der Waals surface area (Å²) in [6.45, 7) is 0. The van der Waals surface area contributed by atoms with Crippen molar-refractivity contribution in [1.29, 1.82) is 0 Å². The Hall–Kier alpha value is -1.46. The summed E-state index contributed by atoms with van der Waals surface area (Å²) in [6.07, 6.45) is 0. The Bertz CT molecular complexity index is 628. The average Bonchev–Trinajstić information content (AvgIpc) is 2.26. The molecule has 2 aromatic carbocycles. The minimum absolute atomic E-state index is 0.175. The van der Waals surface area contributed by atoms with Crippen molar-refractivity contribution >= 4 is 39.1 Å². The molecule has 0 aromatic heterocycles.